The van der Waals surface area contributed by atoms with Crippen LogP contribution in [0.5, 0.6) is 0 Å². The van der Waals surface area contributed by atoms with E-state index in [9.17, 15) is 22.4 Å². The van der Waals surface area contributed by atoms with Crippen molar-refractivity contribution in [2.45, 2.75) is 13.1 Å². The SMILES string of the molecule is CC(=O)Nc1nc2ccc(-c3ccc(F)c(C(F)(F)F)c3)cn2n1. The second-order valence-corrected chi connectivity index (χ2v) is 5.03. The van der Waals surface area contributed by atoms with E-state index < -0.39 is 17.6 Å². The number of nitrogens with zero attached hydrogens (tertiary/aromatic N) is 3. The summed E-state index contributed by atoms with van der Waals surface area (Å²) in [5, 5.41) is 6.41. The molecule has 124 valence electrons. The molecule has 0 saturated carbocycles. The smallest absolute Gasteiger partial charge is 0.293 e. The third-order valence-corrected chi connectivity index (χ3v) is 3.22. The minimum Gasteiger partial charge on any atom is -0.293 e. The summed E-state index contributed by atoms with van der Waals surface area (Å²) in [6, 6.07) is 5.82. The van der Waals surface area contributed by atoms with Crippen molar-refractivity contribution in [2.24, 2.45) is 0 Å². The first-order valence-corrected chi connectivity index (χ1v) is 6.75. The van der Waals surface area contributed by atoms with Crippen LogP contribution in [-0.2, 0) is 11.0 Å². The van der Waals surface area contributed by atoms with Crippen LogP contribution in [0.3, 0.4) is 0 Å². The first-order valence-electron chi connectivity index (χ1n) is 6.75. The molecule has 0 atom stereocenters. The van der Waals surface area contributed by atoms with E-state index in [-0.39, 0.29) is 17.4 Å². The topological polar surface area (TPSA) is 59.3 Å². The van der Waals surface area contributed by atoms with Crippen molar-refractivity contribution in [2.75, 3.05) is 5.32 Å². The Morgan fingerprint density at radius 1 is 1.17 bits per heavy atom. The Labute approximate surface area is 132 Å². The highest BCUT2D eigenvalue weighted by atomic mass is 19.4. The number of anilines is 1. The van der Waals surface area contributed by atoms with Gasteiger partial charge >= 0.3 is 6.18 Å². The van der Waals surface area contributed by atoms with Gasteiger partial charge in [0.15, 0.2) is 5.65 Å². The molecule has 0 unspecified atom stereocenters. The molecule has 3 rings (SSSR count). The minimum atomic E-state index is -4.78. The van der Waals surface area contributed by atoms with E-state index in [0.717, 1.165) is 12.1 Å². The van der Waals surface area contributed by atoms with Crippen LogP contribution >= 0.6 is 0 Å². The van der Waals surface area contributed by atoms with E-state index in [1.54, 1.807) is 0 Å². The number of pyridine rings is 1. The quantitative estimate of drug-likeness (QED) is 0.728. The molecule has 1 aromatic carbocycles. The summed E-state index contributed by atoms with van der Waals surface area (Å²) < 4.78 is 53.1. The van der Waals surface area contributed by atoms with Crippen LogP contribution in [-0.4, -0.2) is 20.5 Å². The summed E-state index contributed by atoms with van der Waals surface area (Å²) in [5.74, 6) is -1.60. The lowest BCUT2D eigenvalue weighted by Crippen LogP contribution is -2.08. The third kappa shape index (κ3) is 3.05. The van der Waals surface area contributed by atoms with Gasteiger partial charge in [-0.15, -0.1) is 5.10 Å². The predicted octanol–water partition coefficient (Wildman–Crippen LogP) is 3.51. The number of halogens is 4. The van der Waals surface area contributed by atoms with Gasteiger partial charge in [-0.3, -0.25) is 10.1 Å². The monoisotopic (exact) mass is 338 g/mol. The number of nitrogens with one attached hydrogen (secondary N) is 1. The number of benzene rings is 1. The van der Waals surface area contributed by atoms with E-state index >= 15 is 0 Å². The molecule has 1 amide bonds. The average Bonchev–Trinajstić information content (AvgIpc) is 2.86. The van der Waals surface area contributed by atoms with Crippen molar-refractivity contribution in [3.63, 3.8) is 0 Å². The second-order valence-electron chi connectivity index (χ2n) is 5.03. The molecule has 2 aromatic heterocycles. The highest BCUT2D eigenvalue weighted by Gasteiger charge is 2.34. The summed E-state index contributed by atoms with van der Waals surface area (Å²) >= 11 is 0. The van der Waals surface area contributed by atoms with Crippen molar-refractivity contribution >= 4 is 17.5 Å². The van der Waals surface area contributed by atoms with Crippen LogP contribution in [0, 0.1) is 5.82 Å². The fourth-order valence-corrected chi connectivity index (χ4v) is 2.19. The van der Waals surface area contributed by atoms with E-state index in [2.05, 4.69) is 15.4 Å². The Morgan fingerprint density at radius 2 is 1.88 bits per heavy atom. The predicted molar refractivity (Wildman–Crippen MR) is 77.7 cm³/mol. The number of amides is 1. The minimum absolute atomic E-state index is 0.0785. The molecular formula is C15H10F4N4O. The Bertz CT molecular complexity index is 933. The summed E-state index contributed by atoms with van der Waals surface area (Å²) in [4.78, 5) is 15.0. The number of hydrogen-bond donors (Lipinski definition) is 1. The van der Waals surface area contributed by atoms with E-state index in [4.69, 9.17) is 0 Å². The van der Waals surface area contributed by atoms with Crippen molar-refractivity contribution in [3.05, 3.63) is 47.9 Å². The van der Waals surface area contributed by atoms with E-state index in [1.165, 1.54) is 35.8 Å². The molecule has 1 N–H and O–H groups in total. The van der Waals surface area contributed by atoms with Gasteiger partial charge in [0.2, 0.25) is 11.9 Å². The number of carbonyl (C=O) groups is 1. The van der Waals surface area contributed by atoms with Gasteiger partial charge < -0.3 is 0 Å². The molecule has 0 aliphatic carbocycles. The number of carbonyl (C=O) groups excluding carboxylic acids is 1. The molecule has 2 heterocycles. The van der Waals surface area contributed by atoms with Crippen LogP contribution in [0.15, 0.2) is 36.5 Å². The number of rotatable bonds is 2. The zero-order valence-corrected chi connectivity index (χ0v) is 12.2. The molecule has 0 saturated heterocycles. The molecule has 0 spiro atoms. The van der Waals surface area contributed by atoms with E-state index in [0.29, 0.717) is 11.2 Å². The molecule has 0 radical (unpaired) electrons. The molecule has 3 aromatic rings. The lowest BCUT2D eigenvalue weighted by Gasteiger charge is -2.10. The van der Waals surface area contributed by atoms with Gasteiger partial charge in [-0.1, -0.05) is 6.07 Å². The Balaban J connectivity index is 2.05. The zero-order valence-electron chi connectivity index (χ0n) is 12.2. The highest BCUT2D eigenvalue weighted by molar-refractivity contribution is 5.86. The van der Waals surface area contributed by atoms with Crippen molar-refractivity contribution in [1.82, 2.24) is 14.6 Å². The van der Waals surface area contributed by atoms with Gasteiger partial charge in [0.25, 0.3) is 0 Å². The molecule has 0 fully saturated rings. The fraction of sp³-hybridized carbons (Fsp3) is 0.133. The summed E-state index contributed by atoms with van der Waals surface area (Å²) in [6.07, 6.45) is -3.34. The Morgan fingerprint density at radius 3 is 2.54 bits per heavy atom. The Hall–Kier alpha value is -2.97. The van der Waals surface area contributed by atoms with Crippen LogP contribution in [0.4, 0.5) is 23.5 Å². The van der Waals surface area contributed by atoms with Crippen molar-refractivity contribution in [3.8, 4) is 11.1 Å². The molecule has 24 heavy (non-hydrogen) atoms. The Kier molecular flexibility index (Phi) is 3.70. The maximum absolute atomic E-state index is 13.4. The number of aromatic nitrogens is 3. The van der Waals surface area contributed by atoms with Gasteiger partial charge in [0, 0.05) is 18.7 Å². The van der Waals surface area contributed by atoms with Gasteiger partial charge in [-0.05, 0) is 29.8 Å². The number of alkyl halides is 3. The van der Waals surface area contributed by atoms with Crippen LogP contribution < -0.4 is 5.32 Å². The summed E-state index contributed by atoms with van der Waals surface area (Å²) in [5.41, 5.74) is -0.354. The summed E-state index contributed by atoms with van der Waals surface area (Å²) in [7, 11) is 0. The molecule has 0 aliphatic heterocycles. The number of hydrogen-bond acceptors (Lipinski definition) is 3. The summed E-state index contributed by atoms with van der Waals surface area (Å²) in [6.45, 7) is 1.30. The molecule has 5 nitrogen and oxygen atoms in total. The van der Waals surface area contributed by atoms with Crippen molar-refractivity contribution in [1.29, 1.82) is 0 Å². The average molecular weight is 338 g/mol. The van der Waals surface area contributed by atoms with Gasteiger partial charge in [0.05, 0.1) is 5.56 Å². The zero-order chi connectivity index (χ0) is 17.5. The molecule has 0 aliphatic rings. The molecule has 0 bridgehead atoms. The lowest BCUT2D eigenvalue weighted by atomic mass is 10.0. The largest absolute Gasteiger partial charge is 0.419 e. The first kappa shape index (κ1) is 15.9. The maximum Gasteiger partial charge on any atom is 0.419 e. The lowest BCUT2D eigenvalue weighted by molar-refractivity contribution is -0.139. The van der Waals surface area contributed by atoms with Crippen LogP contribution in [0.25, 0.3) is 16.8 Å². The third-order valence-electron chi connectivity index (χ3n) is 3.22. The molecular weight excluding hydrogens is 328 g/mol. The number of fused-ring (bicyclic) bond motifs is 1. The van der Waals surface area contributed by atoms with Gasteiger partial charge in [-0.2, -0.15) is 18.2 Å². The first-order chi connectivity index (χ1) is 11.2. The normalized spacial score (nSPS) is 11.7. The highest BCUT2D eigenvalue weighted by Crippen LogP contribution is 2.34. The standard InChI is InChI=1S/C15H10F4N4O/c1-8(24)20-14-21-13-5-3-10(7-23(13)22-14)9-2-4-12(16)11(6-9)15(17,18)19/h2-7H,1H3,(H,20,22,24). The second kappa shape index (κ2) is 5.59. The fourth-order valence-electron chi connectivity index (χ4n) is 2.19. The molecule has 9 heteroatoms. The van der Waals surface area contributed by atoms with Gasteiger partial charge in [0.1, 0.15) is 5.82 Å². The van der Waals surface area contributed by atoms with Crippen molar-refractivity contribution < 1.29 is 22.4 Å². The maximum atomic E-state index is 13.4. The van der Waals surface area contributed by atoms with E-state index in [1.807, 2.05) is 0 Å². The van der Waals surface area contributed by atoms with Gasteiger partial charge in [-0.25, -0.2) is 8.91 Å². The van der Waals surface area contributed by atoms with Crippen LogP contribution in [0.2, 0.25) is 0 Å². The van der Waals surface area contributed by atoms with Crippen LogP contribution in [0.1, 0.15) is 12.5 Å².